The number of nitrogens with zero attached hydrogens (tertiary/aromatic N) is 2. The van der Waals surface area contributed by atoms with Crippen molar-refractivity contribution in [2.75, 3.05) is 38.3 Å². The number of pyridine rings is 1. The highest BCUT2D eigenvalue weighted by molar-refractivity contribution is 5.45. The maximum absolute atomic E-state index is 5.13. The van der Waals surface area contributed by atoms with Crippen LogP contribution in [0.5, 0.6) is 0 Å². The fourth-order valence-corrected chi connectivity index (χ4v) is 1.93. The number of rotatable bonds is 9. The number of methoxy groups -OCH3 is 1. The maximum atomic E-state index is 5.13. The van der Waals surface area contributed by atoms with E-state index >= 15 is 0 Å². The Bertz CT molecular complexity index is 364. The molecule has 1 aromatic heterocycles. The van der Waals surface area contributed by atoms with Crippen molar-refractivity contribution in [1.29, 1.82) is 0 Å². The van der Waals surface area contributed by atoms with Crippen LogP contribution >= 0.6 is 0 Å². The number of hydrogen-bond acceptors (Lipinski definition) is 4. The van der Waals surface area contributed by atoms with Gasteiger partial charge in [0.15, 0.2) is 0 Å². The van der Waals surface area contributed by atoms with Crippen LogP contribution in [0.3, 0.4) is 0 Å². The van der Waals surface area contributed by atoms with Crippen LogP contribution in [-0.2, 0) is 4.74 Å². The van der Waals surface area contributed by atoms with E-state index in [1.54, 1.807) is 7.11 Å². The summed E-state index contributed by atoms with van der Waals surface area (Å²) in [5.74, 6) is 0. The Morgan fingerprint density at radius 3 is 2.84 bits per heavy atom. The van der Waals surface area contributed by atoms with Crippen LogP contribution in [-0.4, -0.2) is 38.3 Å². The van der Waals surface area contributed by atoms with Crippen LogP contribution < -0.4 is 10.2 Å². The number of hydrogen-bond donors (Lipinski definition) is 1. The van der Waals surface area contributed by atoms with Crippen molar-refractivity contribution >= 4 is 5.69 Å². The molecule has 0 amide bonds. The molecule has 19 heavy (non-hydrogen) atoms. The van der Waals surface area contributed by atoms with Gasteiger partial charge in [0.25, 0.3) is 0 Å². The van der Waals surface area contributed by atoms with Crippen molar-refractivity contribution in [2.24, 2.45) is 0 Å². The van der Waals surface area contributed by atoms with E-state index in [0.29, 0.717) is 6.61 Å². The third-order valence-corrected chi connectivity index (χ3v) is 3.00. The van der Waals surface area contributed by atoms with Crippen molar-refractivity contribution in [2.45, 2.75) is 19.9 Å². The van der Waals surface area contributed by atoms with E-state index in [4.69, 9.17) is 4.74 Å². The van der Waals surface area contributed by atoms with E-state index in [1.165, 1.54) is 0 Å². The number of nitrogens with one attached hydrogen (secondary N) is 1. The molecule has 1 rings (SSSR count). The molecule has 1 atom stereocenters. The molecule has 0 aliphatic rings. The van der Waals surface area contributed by atoms with Crippen LogP contribution in [0.1, 0.15) is 25.6 Å². The van der Waals surface area contributed by atoms with Crippen molar-refractivity contribution < 1.29 is 4.74 Å². The minimum Gasteiger partial charge on any atom is -0.383 e. The largest absolute Gasteiger partial charge is 0.383 e. The van der Waals surface area contributed by atoms with Gasteiger partial charge in [-0.3, -0.25) is 4.98 Å². The summed E-state index contributed by atoms with van der Waals surface area (Å²) in [6.45, 7) is 11.3. The lowest BCUT2D eigenvalue weighted by Gasteiger charge is -2.23. The zero-order valence-corrected chi connectivity index (χ0v) is 12.2. The van der Waals surface area contributed by atoms with Crippen molar-refractivity contribution in [3.05, 3.63) is 36.7 Å². The molecule has 1 heterocycles. The van der Waals surface area contributed by atoms with Gasteiger partial charge < -0.3 is 15.0 Å². The highest BCUT2D eigenvalue weighted by Gasteiger charge is 2.08. The van der Waals surface area contributed by atoms with Gasteiger partial charge in [-0.2, -0.15) is 0 Å². The first-order valence-electron chi connectivity index (χ1n) is 6.77. The first kappa shape index (κ1) is 15.7. The van der Waals surface area contributed by atoms with Crippen LogP contribution in [0.25, 0.3) is 0 Å². The molecular formula is C15H25N3O. The molecule has 1 unspecified atom stereocenters. The summed E-state index contributed by atoms with van der Waals surface area (Å²) in [6, 6.07) is 4.46. The summed E-state index contributed by atoms with van der Waals surface area (Å²) >= 11 is 0. The predicted molar refractivity (Wildman–Crippen MR) is 80.6 cm³/mol. The van der Waals surface area contributed by atoms with Crippen LogP contribution in [0.4, 0.5) is 5.69 Å². The minimum atomic E-state index is 0.283. The average Bonchev–Trinajstić information content (AvgIpc) is 2.44. The lowest BCUT2D eigenvalue weighted by molar-refractivity contribution is 0.206. The van der Waals surface area contributed by atoms with Gasteiger partial charge in [-0.1, -0.05) is 13.0 Å². The van der Waals surface area contributed by atoms with Crippen LogP contribution in [0, 0.1) is 0 Å². The number of anilines is 1. The molecule has 0 spiro atoms. The monoisotopic (exact) mass is 263 g/mol. The molecule has 4 heteroatoms. The molecule has 1 N–H and O–H groups in total. The molecule has 0 aliphatic carbocycles. The van der Waals surface area contributed by atoms with Gasteiger partial charge in [-0.05, 0) is 25.6 Å². The van der Waals surface area contributed by atoms with Gasteiger partial charge in [0, 0.05) is 26.2 Å². The lowest BCUT2D eigenvalue weighted by Crippen LogP contribution is -2.27. The van der Waals surface area contributed by atoms with E-state index in [0.717, 1.165) is 31.0 Å². The van der Waals surface area contributed by atoms with E-state index in [-0.39, 0.29) is 6.04 Å². The van der Waals surface area contributed by atoms with Crippen LogP contribution in [0.2, 0.25) is 0 Å². The normalized spacial score (nSPS) is 12.2. The first-order valence-corrected chi connectivity index (χ1v) is 6.77. The minimum absolute atomic E-state index is 0.283. The molecule has 0 bridgehead atoms. The quantitative estimate of drug-likeness (QED) is 0.694. The molecule has 4 nitrogen and oxygen atoms in total. The topological polar surface area (TPSA) is 37.4 Å². The number of aromatic nitrogens is 1. The highest BCUT2D eigenvalue weighted by atomic mass is 16.5. The van der Waals surface area contributed by atoms with Crippen molar-refractivity contribution in [3.63, 3.8) is 0 Å². The smallest absolute Gasteiger partial charge is 0.0637 e. The van der Waals surface area contributed by atoms with Crippen LogP contribution in [0.15, 0.2) is 31.0 Å². The van der Waals surface area contributed by atoms with E-state index in [2.05, 4.69) is 47.8 Å². The molecular weight excluding hydrogens is 238 g/mol. The van der Waals surface area contributed by atoms with E-state index in [9.17, 15) is 0 Å². The molecule has 0 fully saturated rings. The van der Waals surface area contributed by atoms with E-state index < -0.39 is 0 Å². The Labute approximate surface area is 116 Å². The van der Waals surface area contributed by atoms with Crippen molar-refractivity contribution in [1.82, 2.24) is 10.3 Å². The molecule has 0 saturated carbocycles. The third kappa shape index (κ3) is 5.01. The molecule has 0 saturated heterocycles. The van der Waals surface area contributed by atoms with Gasteiger partial charge in [-0.15, -0.1) is 6.58 Å². The Hall–Kier alpha value is -1.39. The molecule has 0 aromatic carbocycles. The summed E-state index contributed by atoms with van der Waals surface area (Å²) in [6.07, 6.45) is 3.81. The Kier molecular flexibility index (Phi) is 7.15. The summed E-state index contributed by atoms with van der Waals surface area (Å²) in [5.41, 5.74) is 2.17. The summed E-state index contributed by atoms with van der Waals surface area (Å²) < 4.78 is 5.13. The van der Waals surface area contributed by atoms with Gasteiger partial charge in [0.05, 0.1) is 24.2 Å². The standard InChI is InChI=1S/C15H25N3O/c1-5-9-18(10-11-19-4)14-7-8-15(17-12-14)13(3)16-6-2/h5,7-8,12-13,16H,1,6,9-11H2,2-4H3. The fraction of sp³-hybridized carbons (Fsp3) is 0.533. The zero-order chi connectivity index (χ0) is 14.1. The second-order valence-electron chi connectivity index (χ2n) is 4.45. The SMILES string of the molecule is C=CCN(CCOC)c1ccc(C(C)NCC)nc1. The van der Waals surface area contributed by atoms with Gasteiger partial charge in [0.2, 0.25) is 0 Å². The predicted octanol–water partition coefficient (Wildman–Crippen LogP) is 2.39. The second-order valence-corrected chi connectivity index (χ2v) is 4.45. The third-order valence-electron chi connectivity index (χ3n) is 3.00. The Morgan fingerprint density at radius 2 is 2.32 bits per heavy atom. The number of ether oxygens (including phenoxy) is 1. The molecule has 1 aromatic rings. The van der Waals surface area contributed by atoms with E-state index in [1.807, 2.05) is 12.3 Å². The lowest BCUT2D eigenvalue weighted by atomic mass is 10.2. The van der Waals surface area contributed by atoms with Gasteiger partial charge >= 0.3 is 0 Å². The van der Waals surface area contributed by atoms with Gasteiger partial charge in [-0.25, -0.2) is 0 Å². The van der Waals surface area contributed by atoms with Crippen molar-refractivity contribution in [3.8, 4) is 0 Å². The highest BCUT2D eigenvalue weighted by Crippen LogP contribution is 2.16. The summed E-state index contributed by atoms with van der Waals surface area (Å²) in [4.78, 5) is 6.73. The molecule has 0 radical (unpaired) electrons. The molecule has 0 aliphatic heterocycles. The summed E-state index contributed by atoms with van der Waals surface area (Å²) in [5, 5.41) is 3.36. The fourth-order valence-electron chi connectivity index (χ4n) is 1.93. The van der Waals surface area contributed by atoms with Gasteiger partial charge in [0.1, 0.15) is 0 Å². The zero-order valence-electron chi connectivity index (χ0n) is 12.2. The Balaban J connectivity index is 2.73. The first-order chi connectivity index (χ1) is 9.22. The Morgan fingerprint density at radius 1 is 1.53 bits per heavy atom. The molecule has 106 valence electrons. The maximum Gasteiger partial charge on any atom is 0.0637 e. The average molecular weight is 263 g/mol. The summed E-state index contributed by atoms with van der Waals surface area (Å²) in [7, 11) is 1.71. The second kappa shape index (κ2) is 8.67.